The summed E-state index contributed by atoms with van der Waals surface area (Å²) in [4.78, 5) is 15.5. The Morgan fingerprint density at radius 2 is 2.05 bits per heavy atom. The second-order valence-electron chi connectivity index (χ2n) is 3.73. The summed E-state index contributed by atoms with van der Waals surface area (Å²) in [6, 6.07) is 3.97. The van der Waals surface area contributed by atoms with Gasteiger partial charge >= 0.3 is 6.01 Å². The van der Waals surface area contributed by atoms with Gasteiger partial charge in [-0.15, -0.1) is 0 Å². The minimum absolute atomic E-state index is 0.0824. The minimum atomic E-state index is -0.462. The first-order chi connectivity index (χ1) is 10.1. The molecule has 10 heteroatoms. The molecule has 0 aliphatic carbocycles. The van der Waals surface area contributed by atoms with Crippen molar-refractivity contribution in [3.8, 4) is 17.7 Å². The van der Waals surface area contributed by atoms with Crippen molar-refractivity contribution in [1.82, 2.24) is 29.7 Å². The van der Waals surface area contributed by atoms with Crippen molar-refractivity contribution in [3.63, 3.8) is 0 Å². The lowest BCUT2D eigenvalue weighted by Crippen LogP contribution is -2.05. The molecule has 3 rings (SSSR count). The summed E-state index contributed by atoms with van der Waals surface area (Å²) in [5, 5.41) is 3.79. The fourth-order valence-corrected chi connectivity index (χ4v) is 2.07. The summed E-state index contributed by atoms with van der Waals surface area (Å²) in [6.07, 6.45) is 2.72. The predicted octanol–water partition coefficient (Wildman–Crippen LogP) is 2.80. The molecule has 0 bridgehead atoms. The highest BCUT2D eigenvalue weighted by atomic mass is 79.9. The molecular weight excluding hydrogens is 367 g/mol. The molecular formula is C11H5BrClFN6O. The summed E-state index contributed by atoms with van der Waals surface area (Å²) in [5.74, 6) is -0.109. The van der Waals surface area contributed by atoms with Gasteiger partial charge in [-0.2, -0.15) is 24.7 Å². The van der Waals surface area contributed by atoms with E-state index in [2.05, 4.69) is 41.0 Å². The molecule has 0 N–H and O–H groups in total. The molecule has 0 atom stereocenters. The van der Waals surface area contributed by atoms with E-state index in [-0.39, 0.29) is 23.0 Å². The standard InChI is InChI=1S/C11H5BrClFN6O/c12-6-1-7(14)3-8(2-6)21-11-18-9(13)17-10(19-11)20-5-15-4-16-20/h1-5H. The summed E-state index contributed by atoms with van der Waals surface area (Å²) in [7, 11) is 0. The third-order valence-corrected chi connectivity index (χ3v) is 2.87. The third-order valence-electron chi connectivity index (χ3n) is 2.24. The zero-order valence-corrected chi connectivity index (χ0v) is 12.5. The second-order valence-corrected chi connectivity index (χ2v) is 4.99. The highest BCUT2D eigenvalue weighted by molar-refractivity contribution is 9.10. The highest BCUT2D eigenvalue weighted by Crippen LogP contribution is 2.24. The lowest BCUT2D eigenvalue weighted by molar-refractivity contribution is 0.433. The quantitative estimate of drug-likeness (QED) is 0.704. The number of benzene rings is 1. The lowest BCUT2D eigenvalue weighted by Gasteiger charge is -2.06. The molecule has 0 spiro atoms. The fourth-order valence-electron chi connectivity index (χ4n) is 1.47. The number of ether oxygens (including phenoxy) is 1. The SMILES string of the molecule is Fc1cc(Br)cc(Oc2nc(Cl)nc(-n3cncn3)n2)c1. The van der Waals surface area contributed by atoms with E-state index in [9.17, 15) is 4.39 Å². The van der Waals surface area contributed by atoms with Crippen LogP contribution in [0.3, 0.4) is 0 Å². The van der Waals surface area contributed by atoms with E-state index in [1.54, 1.807) is 6.07 Å². The van der Waals surface area contributed by atoms with Gasteiger partial charge < -0.3 is 4.74 Å². The van der Waals surface area contributed by atoms with Crippen LogP contribution < -0.4 is 4.74 Å². The van der Waals surface area contributed by atoms with Crippen LogP contribution in [-0.2, 0) is 0 Å². The van der Waals surface area contributed by atoms with Crippen molar-refractivity contribution in [2.75, 3.05) is 0 Å². The van der Waals surface area contributed by atoms with Gasteiger partial charge in [0.25, 0.3) is 5.95 Å². The lowest BCUT2D eigenvalue weighted by atomic mass is 10.3. The molecule has 21 heavy (non-hydrogen) atoms. The van der Waals surface area contributed by atoms with Crippen molar-refractivity contribution in [3.05, 3.63) is 46.4 Å². The Balaban J connectivity index is 1.95. The summed E-state index contributed by atoms with van der Waals surface area (Å²) in [6.45, 7) is 0. The van der Waals surface area contributed by atoms with Crippen LogP contribution in [0.1, 0.15) is 0 Å². The normalized spacial score (nSPS) is 10.6. The molecule has 2 aromatic heterocycles. The third kappa shape index (κ3) is 3.31. The van der Waals surface area contributed by atoms with E-state index in [0.29, 0.717) is 4.47 Å². The van der Waals surface area contributed by atoms with Crippen LogP contribution >= 0.6 is 27.5 Å². The van der Waals surface area contributed by atoms with Crippen LogP contribution in [0.5, 0.6) is 11.8 Å². The maximum absolute atomic E-state index is 13.3. The van der Waals surface area contributed by atoms with Crippen LogP contribution in [-0.4, -0.2) is 29.7 Å². The molecule has 0 aliphatic heterocycles. The number of aromatic nitrogens is 6. The first-order valence-electron chi connectivity index (χ1n) is 5.51. The monoisotopic (exact) mass is 370 g/mol. The zero-order valence-electron chi connectivity index (χ0n) is 10.1. The minimum Gasteiger partial charge on any atom is -0.424 e. The Morgan fingerprint density at radius 3 is 2.76 bits per heavy atom. The molecule has 0 unspecified atom stereocenters. The van der Waals surface area contributed by atoms with Crippen LogP contribution in [0, 0.1) is 5.82 Å². The number of hydrogen-bond donors (Lipinski definition) is 0. The van der Waals surface area contributed by atoms with Crippen LogP contribution in [0.15, 0.2) is 35.3 Å². The van der Waals surface area contributed by atoms with Gasteiger partial charge in [0.1, 0.15) is 24.2 Å². The average molecular weight is 372 g/mol. The first-order valence-corrected chi connectivity index (χ1v) is 6.68. The van der Waals surface area contributed by atoms with Gasteiger partial charge in [0.15, 0.2) is 0 Å². The van der Waals surface area contributed by atoms with E-state index in [1.165, 1.54) is 29.5 Å². The topological polar surface area (TPSA) is 78.6 Å². The second kappa shape index (κ2) is 5.70. The van der Waals surface area contributed by atoms with Crippen molar-refractivity contribution in [2.45, 2.75) is 0 Å². The Morgan fingerprint density at radius 1 is 1.19 bits per heavy atom. The van der Waals surface area contributed by atoms with Gasteiger partial charge in [0.2, 0.25) is 5.28 Å². The largest absolute Gasteiger partial charge is 0.424 e. The molecule has 0 fully saturated rings. The van der Waals surface area contributed by atoms with Crippen molar-refractivity contribution >= 4 is 27.5 Å². The summed E-state index contributed by atoms with van der Waals surface area (Å²) >= 11 is 8.97. The van der Waals surface area contributed by atoms with Crippen molar-refractivity contribution in [2.24, 2.45) is 0 Å². The van der Waals surface area contributed by atoms with Crippen LogP contribution in [0.25, 0.3) is 5.95 Å². The van der Waals surface area contributed by atoms with Gasteiger partial charge in [-0.05, 0) is 23.7 Å². The van der Waals surface area contributed by atoms with Gasteiger partial charge in [0, 0.05) is 10.5 Å². The molecule has 0 aliphatic rings. The average Bonchev–Trinajstić information content (AvgIpc) is 2.90. The molecule has 0 saturated carbocycles. The van der Waals surface area contributed by atoms with Gasteiger partial charge in [0.05, 0.1) is 0 Å². The van der Waals surface area contributed by atoms with E-state index >= 15 is 0 Å². The van der Waals surface area contributed by atoms with Crippen molar-refractivity contribution < 1.29 is 9.13 Å². The smallest absolute Gasteiger partial charge is 0.328 e. The Kier molecular flexibility index (Phi) is 3.76. The van der Waals surface area contributed by atoms with Crippen LogP contribution in [0.2, 0.25) is 5.28 Å². The maximum atomic E-state index is 13.3. The molecule has 3 aromatic rings. The molecule has 7 nitrogen and oxygen atoms in total. The molecule has 2 heterocycles. The Hall–Kier alpha value is -2.13. The number of nitrogens with zero attached hydrogens (tertiary/aromatic N) is 6. The fraction of sp³-hybridized carbons (Fsp3) is 0. The molecule has 106 valence electrons. The number of hydrogen-bond acceptors (Lipinski definition) is 6. The van der Waals surface area contributed by atoms with E-state index in [1.807, 2.05) is 0 Å². The van der Waals surface area contributed by atoms with E-state index in [4.69, 9.17) is 16.3 Å². The molecule has 0 saturated heterocycles. The molecule has 0 amide bonds. The van der Waals surface area contributed by atoms with Gasteiger partial charge in [-0.25, -0.2) is 9.37 Å². The summed E-state index contributed by atoms with van der Waals surface area (Å²) in [5.41, 5.74) is 0. The van der Waals surface area contributed by atoms with Gasteiger partial charge in [-0.1, -0.05) is 15.9 Å². The van der Waals surface area contributed by atoms with E-state index in [0.717, 1.165) is 0 Å². The Labute approximate surface area is 130 Å². The maximum Gasteiger partial charge on any atom is 0.328 e. The first kappa shape index (κ1) is 13.8. The number of rotatable bonds is 3. The zero-order chi connectivity index (χ0) is 14.8. The number of halogens is 3. The molecule has 0 radical (unpaired) electrons. The highest BCUT2D eigenvalue weighted by Gasteiger charge is 2.10. The van der Waals surface area contributed by atoms with Crippen LogP contribution in [0.4, 0.5) is 4.39 Å². The van der Waals surface area contributed by atoms with Crippen molar-refractivity contribution in [1.29, 1.82) is 0 Å². The predicted molar refractivity (Wildman–Crippen MR) is 73.9 cm³/mol. The Bertz CT molecular complexity index is 764. The van der Waals surface area contributed by atoms with E-state index < -0.39 is 5.82 Å². The molecule has 1 aromatic carbocycles. The van der Waals surface area contributed by atoms with Gasteiger partial charge in [-0.3, -0.25) is 0 Å². The summed E-state index contributed by atoms with van der Waals surface area (Å²) < 4.78 is 20.5.